The average molecular weight is 572 g/mol. The summed E-state index contributed by atoms with van der Waals surface area (Å²) in [6.45, 7) is 4.81. The summed E-state index contributed by atoms with van der Waals surface area (Å²) in [5.41, 5.74) is 0.396. The summed E-state index contributed by atoms with van der Waals surface area (Å²) in [6, 6.07) is 1.68. The number of fused-ring (bicyclic) bond motifs is 5. The van der Waals surface area contributed by atoms with Gasteiger partial charge in [0.2, 0.25) is 0 Å². The van der Waals surface area contributed by atoms with Crippen molar-refractivity contribution in [2.45, 2.75) is 32.2 Å². The zero-order valence-electron chi connectivity index (χ0n) is 13.7. The van der Waals surface area contributed by atoms with Gasteiger partial charge in [0.1, 0.15) is 5.82 Å². The normalized spacial score (nSPS) is 26.2. The Morgan fingerprint density at radius 3 is 2.76 bits per heavy atom. The fourth-order valence-electron chi connectivity index (χ4n) is 3.96. The molecule has 0 radical (unpaired) electrons. The van der Waals surface area contributed by atoms with Crippen LogP contribution in [0.3, 0.4) is 0 Å². The molecule has 0 bridgehead atoms. The molecule has 3 atom stereocenters. The van der Waals surface area contributed by atoms with Crippen LogP contribution in [0.15, 0.2) is 10.9 Å². The average Bonchev–Trinajstić information content (AvgIpc) is 2.57. The number of aromatic nitrogens is 1. The molecule has 3 heterocycles. The lowest BCUT2D eigenvalue weighted by molar-refractivity contribution is 0.121. The van der Waals surface area contributed by atoms with E-state index < -0.39 is 11.6 Å². The van der Waals surface area contributed by atoms with Crippen molar-refractivity contribution in [3.63, 3.8) is 0 Å². The van der Waals surface area contributed by atoms with Gasteiger partial charge in [0, 0.05) is 57.9 Å². The Labute approximate surface area is 171 Å². The number of pyridine rings is 1. The third-order valence-electron chi connectivity index (χ3n) is 5.39. The first-order valence-corrected chi connectivity index (χ1v) is 10.0. The van der Waals surface area contributed by atoms with E-state index in [4.69, 9.17) is 4.74 Å². The van der Waals surface area contributed by atoms with Gasteiger partial charge in [-0.25, -0.2) is 14.7 Å². The smallest absolute Gasteiger partial charge is 0.302 e. The van der Waals surface area contributed by atoms with E-state index in [1.54, 1.807) is 22.9 Å². The molecule has 2 aliphatic rings. The standard InChI is InChI=1S/C17H16F2I2N2O2/c1-7-3-10-9(5-22(7)20)6-25-16-13(10)11-4-12(18)8(2)14(19)15(11)23(21)17(16)24/h4,7,9-10H,3,5-6H2,1-2H3. The van der Waals surface area contributed by atoms with Gasteiger partial charge in [0.05, 0.1) is 35.0 Å². The van der Waals surface area contributed by atoms with Crippen molar-refractivity contribution in [2.75, 3.05) is 13.2 Å². The van der Waals surface area contributed by atoms with E-state index in [0.717, 1.165) is 13.0 Å². The van der Waals surface area contributed by atoms with E-state index >= 15 is 0 Å². The van der Waals surface area contributed by atoms with E-state index in [1.165, 1.54) is 15.8 Å². The SMILES string of the molecule is Cc1c(F)cc2c3c(c(=O)n(I)c2c1F)OCC1CN(I)C(C)CC31. The van der Waals surface area contributed by atoms with Gasteiger partial charge in [0.25, 0.3) is 0 Å². The maximum Gasteiger partial charge on any atom is 0.302 e. The van der Waals surface area contributed by atoms with Crippen molar-refractivity contribution < 1.29 is 13.5 Å². The van der Waals surface area contributed by atoms with Crippen LogP contribution in [0.4, 0.5) is 8.78 Å². The maximum atomic E-state index is 14.8. The van der Waals surface area contributed by atoms with E-state index in [9.17, 15) is 13.6 Å². The molecule has 0 aliphatic carbocycles. The molecule has 3 unspecified atom stereocenters. The van der Waals surface area contributed by atoms with Crippen LogP contribution in [0.5, 0.6) is 5.75 Å². The number of benzene rings is 1. The van der Waals surface area contributed by atoms with Gasteiger partial charge in [0.15, 0.2) is 11.6 Å². The highest BCUT2D eigenvalue weighted by Gasteiger charge is 2.41. The molecule has 1 aromatic heterocycles. The minimum Gasteiger partial charge on any atom is -0.487 e. The van der Waals surface area contributed by atoms with Crippen molar-refractivity contribution >= 4 is 56.6 Å². The highest BCUT2D eigenvalue weighted by atomic mass is 127. The molecule has 2 aromatic rings. The predicted molar refractivity (Wildman–Crippen MR) is 109 cm³/mol. The maximum absolute atomic E-state index is 14.8. The summed E-state index contributed by atoms with van der Waals surface area (Å²) in [6.07, 6.45) is 0.834. The van der Waals surface area contributed by atoms with Gasteiger partial charge in [-0.3, -0.25) is 4.79 Å². The Hall–Kier alpha value is -0.490. The molecule has 0 spiro atoms. The molecule has 4 rings (SSSR count). The Morgan fingerprint density at radius 2 is 2.04 bits per heavy atom. The van der Waals surface area contributed by atoms with Gasteiger partial charge in [-0.2, -0.15) is 0 Å². The van der Waals surface area contributed by atoms with Crippen molar-refractivity contribution in [2.24, 2.45) is 5.92 Å². The van der Waals surface area contributed by atoms with Crippen LogP contribution in [0.25, 0.3) is 10.9 Å². The van der Waals surface area contributed by atoms with Crippen molar-refractivity contribution in [3.8, 4) is 5.75 Å². The zero-order valence-corrected chi connectivity index (χ0v) is 18.0. The molecular weight excluding hydrogens is 556 g/mol. The molecule has 2 aliphatic heterocycles. The number of piperidine rings is 1. The van der Waals surface area contributed by atoms with E-state index in [2.05, 4.69) is 32.9 Å². The second kappa shape index (κ2) is 6.29. The molecule has 1 fully saturated rings. The largest absolute Gasteiger partial charge is 0.487 e. The number of ether oxygens (including phenoxy) is 1. The molecule has 0 amide bonds. The first-order chi connectivity index (χ1) is 11.8. The topological polar surface area (TPSA) is 34.5 Å². The number of nitrogens with zero attached hydrogens (tertiary/aromatic N) is 2. The van der Waals surface area contributed by atoms with Crippen LogP contribution in [-0.2, 0) is 0 Å². The molecule has 25 heavy (non-hydrogen) atoms. The zero-order chi connectivity index (χ0) is 18.0. The third-order valence-corrected chi connectivity index (χ3v) is 7.65. The van der Waals surface area contributed by atoms with Crippen LogP contribution < -0.4 is 10.3 Å². The number of hydrogen-bond donors (Lipinski definition) is 0. The van der Waals surface area contributed by atoms with Crippen molar-refractivity contribution in [3.05, 3.63) is 39.2 Å². The fraction of sp³-hybridized carbons (Fsp3) is 0.471. The second-order valence-electron chi connectivity index (χ2n) is 6.87. The molecule has 1 aromatic carbocycles. The third kappa shape index (κ3) is 2.61. The summed E-state index contributed by atoms with van der Waals surface area (Å²) >= 11 is 4.08. The Balaban J connectivity index is 2.06. The number of halogens is 4. The van der Waals surface area contributed by atoms with Crippen LogP contribution in [0.2, 0.25) is 0 Å². The van der Waals surface area contributed by atoms with Gasteiger partial charge in [-0.1, -0.05) is 0 Å². The molecule has 1 saturated heterocycles. The summed E-state index contributed by atoms with van der Waals surface area (Å²) in [5, 5.41) is 0.452. The molecule has 134 valence electrons. The lowest BCUT2D eigenvalue weighted by Gasteiger charge is -2.43. The van der Waals surface area contributed by atoms with Crippen LogP contribution in [-0.4, -0.2) is 25.1 Å². The number of hydrogen-bond acceptors (Lipinski definition) is 3. The summed E-state index contributed by atoms with van der Waals surface area (Å²) in [7, 11) is 0. The van der Waals surface area contributed by atoms with E-state index in [0.29, 0.717) is 23.6 Å². The molecule has 0 saturated carbocycles. The predicted octanol–water partition coefficient (Wildman–Crippen LogP) is 4.32. The van der Waals surface area contributed by atoms with Crippen LogP contribution >= 0.6 is 45.7 Å². The Kier molecular flexibility index (Phi) is 4.51. The molecule has 4 nitrogen and oxygen atoms in total. The quantitative estimate of drug-likeness (QED) is 0.349. The van der Waals surface area contributed by atoms with Crippen molar-refractivity contribution in [1.29, 1.82) is 0 Å². The van der Waals surface area contributed by atoms with Gasteiger partial charge >= 0.3 is 5.56 Å². The van der Waals surface area contributed by atoms with Crippen molar-refractivity contribution in [1.82, 2.24) is 5.89 Å². The minimum absolute atomic E-state index is 0.0685. The van der Waals surface area contributed by atoms with Gasteiger partial charge in [-0.15, -0.1) is 0 Å². The van der Waals surface area contributed by atoms with Crippen LogP contribution in [0, 0.1) is 24.5 Å². The Bertz CT molecular complexity index is 947. The monoisotopic (exact) mass is 572 g/mol. The first-order valence-electron chi connectivity index (χ1n) is 8.09. The highest BCUT2D eigenvalue weighted by Crippen LogP contribution is 2.46. The van der Waals surface area contributed by atoms with E-state index in [1.807, 2.05) is 0 Å². The molecular formula is C17H16F2I2N2O2. The summed E-state index contributed by atoms with van der Waals surface area (Å²) < 4.78 is 38.3. The second-order valence-corrected chi connectivity index (χ2v) is 9.07. The van der Waals surface area contributed by atoms with Gasteiger partial charge < -0.3 is 4.74 Å². The lowest BCUT2D eigenvalue weighted by Crippen LogP contribution is -2.45. The summed E-state index contributed by atoms with van der Waals surface area (Å²) in [4.78, 5) is 12.8. The van der Waals surface area contributed by atoms with Crippen LogP contribution in [0.1, 0.15) is 30.4 Å². The molecule has 8 heteroatoms. The van der Waals surface area contributed by atoms with E-state index in [-0.39, 0.29) is 34.2 Å². The summed E-state index contributed by atoms with van der Waals surface area (Å²) in [5.74, 6) is -0.741. The minimum atomic E-state index is -0.675. The fourth-order valence-corrected chi connectivity index (χ4v) is 5.38. The number of rotatable bonds is 0. The Morgan fingerprint density at radius 1 is 1.32 bits per heavy atom. The lowest BCUT2D eigenvalue weighted by atomic mass is 9.76. The van der Waals surface area contributed by atoms with Gasteiger partial charge in [-0.05, 0) is 32.3 Å². The molecule has 0 N–H and O–H groups in total. The first kappa shape index (κ1) is 17.9. The highest BCUT2D eigenvalue weighted by molar-refractivity contribution is 14.1.